The molecule has 0 amide bonds. The second kappa shape index (κ2) is 5.42. The highest BCUT2D eigenvalue weighted by molar-refractivity contribution is 9.11. The standard InChI is InChI=1S/C10H8Br2N4O/c1-17-10-7(2-8(11)3-9(10)12)4-15-16-5-13-14-6-16/h2-6H,1H3/b15-4-. The second-order valence-electron chi connectivity index (χ2n) is 3.10. The normalized spacial score (nSPS) is 11.0. The molecule has 0 spiro atoms. The van der Waals surface area contributed by atoms with Gasteiger partial charge in [0.15, 0.2) is 0 Å². The monoisotopic (exact) mass is 358 g/mol. The van der Waals surface area contributed by atoms with Gasteiger partial charge in [-0.1, -0.05) is 15.9 Å². The van der Waals surface area contributed by atoms with Crippen LogP contribution in [-0.2, 0) is 0 Å². The van der Waals surface area contributed by atoms with Gasteiger partial charge in [-0.2, -0.15) is 5.10 Å². The maximum Gasteiger partial charge on any atom is 0.141 e. The third-order valence-corrected chi connectivity index (χ3v) is 3.02. The van der Waals surface area contributed by atoms with E-state index in [0.717, 1.165) is 20.3 Å². The first-order valence-corrected chi connectivity index (χ1v) is 6.21. The smallest absolute Gasteiger partial charge is 0.141 e. The van der Waals surface area contributed by atoms with Gasteiger partial charge < -0.3 is 4.74 Å². The van der Waals surface area contributed by atoms with Crippen LogP contribution in [0.2, 0.25) is 0 Å². The van der Waals surface area contributed by atoms with Gasteiger partial charge in [0, 0.05) is 10.0 Å². The van der Waals surface area contributed by atoms with E-state index >= 15 is 0 Å². The van der Waals surface area contributed by atoms with Crippen molar-refractivity contribution in [3.8, 4) is 5.75 Å². The molecule has 1 heterocycles. The molecule has 0 N–H and O–H groups in total. The van der Waals surface area contributed by atoms with Crippen LogP contribution >= 0.6 is 31.9 Å². The Morgan fingerprint density at radius 1 is 1.29 bits per heavy atom. The van der Waals surface area contributed by atoms with E-state index in [1.54, 1.807) is 13.3 Å². The predicted octanol–water partition coefficient (Wildman–Crippen LogP) is 2.69. The number of rotatable bonds is 3. The molecule has 2 rings (SSSR count). The zero-order valence-electron chi connectivity index (χ0n) is 8.84. The summed E-state index contributed by atoms with van der Waals surface area (Å²) in [5.41, 5.74) is 0.849. The zero-order chi connectivity index (χ0) is 12.3. The van der Waals surface area contributed by atoms with Crippen LogP contribution in [0.25, 0.3) is 0 Å². The van der Waals surface area contributed by atoms with Crippen molar-refractivity contribution >= 4 is 38.1 Å². The molecule has 1 aromatic heterocycles. The molecule has 1 aromatic carbocycles. The van der Waals surface area contributed by atoms with E-state index in [-0.39, 0.29) is 0 Å². The number of hydrogen-bond acceptors (Lipinski definition) is 4. The van der Waals surface area contributed by atoms with E-state index in [9.17, 15) is 0 Å². The van der Waals surface area contributed by atoms with E-state index in [2.05, 4.69) is 47.2 Å². The maximum atomic E-state index is 5.30. The number of benzene rings is 1. The minimum atomic E-state index is 0.727. The summed E-state index contributed by atoms with van der Waals surface area (Å²) < 4.78 is 8.61. The van der Waals surface area contributed by atoms with Crippen LogP contribution in [-0.4, -0.2) is 28.2 Å². The molecule has 0 fully saturated rings. The lowest BCUT2D eigenvalue weighted by Gasteiger charge is -2.07. The molecule has 0 saturated carbocycles. The van der Waals surface area contributed by atoms with Gasteiger partial charge in [0.05, 0.1) is 17.8 Å². The summed E-state index contributed by atoms with van der Waals surface area (Å²) in [6.45, 7) is 0. The largest absolute Gasteiger partial charge is 0.495 e. The van der Waals surface area contributed by atoms with Crippen molar-refractivity contribution in [3.05, 3.63) is 39.3 Å². The summed E-state index contributed by atoms with van der Waals surface area (Å²) in [4.78, 5) is 0. The molecule has 0 atom stereocenters. The SMILES string of the molecule is COc1c(Br)cc(Br)cc1/C=N\n1cnnc1. The molecule has 5 nitrogen and oxygen atoms in total. The quantitative estimate of drug-likeness (QED) is 0.791. The number of hydrogen-bond donors (Lipinski definition) is 0. The van der Waals surface area contributed by atoms with E-state index < -0.39 is 0 Å². The van der Waals surface area contributed by atoms with Crippen LogP contribution in [0.1, 0.15) is 5.56 Å². The number of nitrogens with zero attached hydrogens (tertiary/aromatic N) is 4. The number of halogens is 2. The summed E-state index contributed by atoms with van der Waals surface area (Å²) in [6.07, 6.45) is 4.70. The lowest BCUT2D eigenvalue weighted by molar-refractivity contribution is 0.411. The van der Waals surface area contributed by atoms with Crippen molar-refractivity contribution in [3.63, 3.8) is 0 Å². The fourth-order valence-corrected chi connectivity index (χ4v) is 2.70. The third-order valence-electron chi connectivity index (χ3n) is 1.98. The van der Waals surface area contributed by atoms with Gasteiger partial charge >= 0.3 is 0 Å². The molecule has 88 valence electrons. The fourth-order valence-electron chi connectivity index (χ4n) is 1.28. The lowest BCUT2D eigenvalue weighted by atomic mass is 10.2. The van der Waals surface area contributed by atoms with Crippen LogP contribution in [0.5, 0.6) is 5.75 Å². The van der Waals surface area contributed by atoms with Crippen molar-refractivity contribution in [1.29, 1.82) is 0 Å². The van der Waals surface area contributed by atoms with Crippen molar-refractivity contribution < 1.29 is 4.74 Å². The molecule has 0 unspecified atom stereocenters. The molecular formula is C10H8Br2N4O. The van der Waals surface area contributed by atoms with E-state index in [1.807, 2.05) is 12.1 Å². The molecule has 2 aromatic rings. The first-order chi connectivity index (χ1) is 8.20. The summed E-state index contributed by atoms with van der Waals surface area (Å²) in [5.74, 6) is 0.727. The Balaban J connectivity index is 2.38. The topological polar surface area (TPSA) is 52.3 Å². The minimum absolute atomic E-state index is 0.727. The van der Waals surface area contributed by atoms with Gasteiger partial charge in [0.2, 0.25) is 0 Å². The van der Waals surface area contributed by atoms with E-state index in [4.69, 9.17) is 4.74 Å². The number of aromatic nitrogens is 3. The van der Waals surface area contributed by atoms with Crippen molar-refractivity contribution in [2.24, 2.45) is 5.10 Å². The van der Waals surface area contributed by atoms with Crippen LogP contribution < -0.4 is 4.74 Å². The first-order valence-electron chi connectivity index (χ1n) is 4.62. The Hall–Kier alpha value is -1.21. The van der Waals surface area contributed by atoms with Crippen LogP contribution in [0.3, 0.4) is 0 Å². The highest BCUT2D eigenvalue weighted by atomic mass is 79.9. The van der Waals surface area contributed by atoms with Gasteiger partial charge in [-0.15, -0.1) is 10.2 Å². The Morgan fingerprint density at radius 2 is 2.00 bits per heavy atom. The molecule has 0 radical (unpaired) electrons. The van der Waals surface area contributed by atoms with Gasteiger partial charge in [-0.3, -0.25) is 0 Å². The highest BCUT2D eigenvalue weighted by Crippen LogP contribution is 2.31. The molecule has 0 aliphatic heterocycles. The van der Waals surface area contributed by atoms with Crippen molar-refractivity contribution in [2.45, 2.75) is 0 Å². The highest BCUT2D eigenvalue weighted by Gasteiger charge is 2.07. The van der Waals surface area contributed by atoms with Gasteiger partial charge in [0.25, 0.3) is 0 Å². The average molecular weight is 360 g/mol. The fraction of sp³-hybridized carbons (Fsp3) is 0.100. The molecule has 0 aliphatic rings. The first kappa shape index (κ1) is 12.3. The molecule has 17 heavy (non-hydrogen) atoms. The second-order valence-corrected chi connectivity index (χ2v) is 4.87. The third kappa shape index (κ3) is 2.92. The van der Waals surface area contributed by atoms with Crippen molar-refractivity contribution in [2.75, 3.05) is 7.11 Å². The van der Waals surface area contributed by atoms with Crippen molar-refractivity contribution in [1.82, 2.24) is 14.9 Å². The minimum Gasteiger partial charge on any atom is -0.495 e. The van der Waals surface area contributed by atoms with Gasteiger partial charge in [-0.05, 0) is 28.1 Å². The van der Waals surface area contributed by atoms with E-state index in [1.165, 1.54) is 17.3 Å². The van der Waals surface area contributed by atoms with Crippen LogP contribution in [0.4, 0.5) is 0 Å². The van der Waals surface area contributed by atoms with E-state index in [0.29, 0.717) is 0 Å². The van der Waals surface area contributed by atoms with Gasteiger partial charge in [0.1, 0.15) is 18.4 Å². The van der Waals surface area contributed by atoms with Crippen LogP contribution in [0, 0.1) is 0 Å². The summed E-state index contributed by atoms with van der Waals surface area (Å²) in [5, 5.41) is 11.5. The molecular weight excluding hydrogens is 352 g/mol. The summed E-state index contributed by atoms with van der Waals surface area (Å²) in [6, 6.07) is 3.83. The summed E-state index contributed by atoms with van der Waals surface area (Å²) >= 11 is 6.85. The predicted molar refractivity (Wildman–Crippen MR) is 71.4 cm³/mol. The zero-order valence-corrected chi connectivity index (χ0v) is 12.0. The average Bonchev–Trinajstić information content (AvgIpc) is 2.78. The summed E-state index contributed by atoms with van der Waals surface area (Å²) in [7, 11) is 1.62. The molecule has 0 saturated heterocycles. The Morgan fingerprint density at radius 3 is 2.65 bits per heavy atom. The maximum absolute atomic E-state index is 5.30. The van der Waals surface area contributed by atoms with Gasteiger partial charge in [-0.25, -0.2) is 4.68 Å². The number of methoxy groups -OCH3 is 1. The Labute approximate surface area is 115 Å². The number of ether oxygens (including phenoxy) is 1. The lowest BCUT2D eigenvalue weighted by Crippen LogP contribution is -1.94. The Bertz CT molecular complexity index is 539. The molecule has 0 aliphatic carbocycles. The van der Waals surface area contributed by atoms with Crippen LogP contribution in [0.15, 0.2) is 38.8 Å². The molecule has 7 heteroatoms. The molecule has 0 bridgehead atoms. The Kier molecular flexibility index (Phi) is 3.90.